The van der Waals surface area contributed by atoms with Gasteiger partial charge in [-0.3, -0.25) is 4.79 Å². The molecule has 108 valence electrons. The van der Waals surface area contributed by atoms with Crippen LogP contribution in [0.2, 0.25) is 0 Å². The molecule has 1 aliphatic carbocycles. The van der Waals surface area contributed by atoms with Crippen molar-refractivity contribution in [1.82, 2.24) is 5.32 Å². The maximum absolute atomic E-state index is 12.0. The molecule has 1 heterocycles. The maximum Gasteiger partial charge on any atom is 0.261 e. The summed E-state index contributed by atoms with van der Waals surface area (Å²) in [5, 5.41) is 11.6. The highest BCUT2D eigenvalue weighted by Crippen LogP contribution is 2.25. The van der Waals surface area contributed by atoms with Gasteiger partial charge in [0.25, 0.3) is 5.91 Å². The lowest BCUT2D eigenvalue weighted by Crippen LogP contribution is -2.25. The molecule has 0 radical (unpaired) electrons. The molecule has 3 nitrogen and oxygen atoms in total. The Kier molecular flexibility index (Phi) is 6.10. The van der Waals surface area contributed by atoms with Crippen molar-refractivity contribution >= 4 is 17.2 Å². The van der Waals surface area contributed by atoms with Crippen LogP contribution in [-0.4, -0.2) is 24.2 Å². The van der Waals surface area contributed by atoms with Crippen molar-refractivity contribution in [1.29, 1.82) is 0 Å². The molecule has 1 aliphatic rings. The highest BCUT2D eigenvalue weighted by atomic mass is 32.1. The van der Waals surface area contributed by atoms with E-state index in [1.54, 1.807) is 6.07 Å². The first kappa shape index (κ1) is 15.1. The largest absolute Gasteiger partial charge is 0.384 e. The van der Waals surface area contributed by atoms with Crippen LogP contribution in [0.3, 0.4) is 0 Å². The van der Waals surface area contributed by atoms with E-state index in [9.17, 15) is 4.79 Å². The number of hydrogen-bond acceptors (Lipinski definition) is 3. The Morgan fingerprint density at radius 2 is 2.15 bits per heavy atom. The number of carbonyl (C=O) groups excluding carboxylic acids is 1. The lowest BCUT2D eigenvalue weighted by atomic mass is 9.87. The fourth-order valence-corrected chi connectivity index (χ4v) is 3.40. The monoisotopic (exact) mass is 291 g/mol. The van der Waals surface area contributed by atoms with E-state index in [1.165, 1.54) is 43.4 Å². The Labute approximate surface area is 124 Å². The Balaban J connectivity index is 1.75. The standard InChI is InChI=1S/C16H21NO2S/c18-12-4-7-14-8-9-15(20-14)16(19)17-11-10-13-5-2-1-3-6-13/h8-9,13,18H,1-3,5-6,10-12H2,(H,17,19). The third-order valence-corrected chi connectivity index (χ3v) is 4.68. The lowest BCUT2D eigenvalue weighted by molar-refractivity contribution is 0.0954. The van der Waals surface area contributed by atoms with E-state index < -0.39 is 0 Å². The number of hydrogen-bond donors (Lipinski definition) is 2. The molecular weight excluding hydrogens is 270 g/mol. The van der Waals surface area contributed by atoms with Crippen molar-refractivity contribution in [2.75, 3.05) is 13.2 Å². The molecule has 0 unspecified atom stereocenters. The van der Waals surface area contributed by atoms with E-state index in [2.05, 4.69) is 17.2 Å². The molecule has 1 aromatic rings. The molecule has 1 fully saturated rings. The van der Waals surface area contributed by atoms with Crippen LogP contribution in [0, 0.1) is 17.8 Å². The van der Waals surface area contributed by atoms with Crippen LogP contribution in [0.1, 0.15) is 53.1 Å². The number of rotatable bonds is 4. The normalized spacial score (nSPS) is 15.4. The average molecular weight is 291 g/mol. The zero-order valence-corrected chi connectivity index (χ0v) is 12.5. The van der Waals surface area contributed by atoms with Gasteiger partial charge in [0.1, 0.15) is 6.61 Å². The van der Waals surface area contributed by atoms with Crippen molar-refractivity contribution < 1.29 is 9.90 Å². The number of thiophene rings is 1. The predicted octanol–water partition coefficient (Wildman–Crippen LogP) is 2.79. The number of aliphatic hydroxyl groups is 1. The van der Waals surface area contributed by atoms with Crippen LogP contribution in [0.15, 0.2) is 12.1 Å². The summed E-state index contributed by atoms with van der Waals surface area (Å²) in [4.78, 5) is 13.5. The van der Waals surface area contributed by atoms with Gasteiger partial charge in [-0.1, -0.05) is 43.9 Å². The Morgan fingerprint density at radius 3 is 2.90 bits per heavy atom. The molecule has 1 amide bonds. The van der Waals surface area contributed by atoms with Gasteiger partial charge < -0.3 is 10.4 Å². The molecule has 1 saturated carbocycles. The molecule has 0 atom stereocenters. The van der Waals surface area contributed by atoms with Crippen molar-refractivity contribution in [2.24, 2.45) is 5.92 Å². The third-order valence-electron chi connectivity index (χ3n) is 3.68. The number of amides is 1. The summed E-state index contributed by atoms with van der Waals surface area (Å²) in [6.45, 7) is 0.611. The molecule has 4 heteroatoms. The van der Waals surface area contributed by atoms with Gasteiger partial charge in [-0.25, -0.2) is 0 Å². The number of aliphatic hydroxyl groups excluding tert-OH is 1. The van der Waals surface area contributed by atoms with Crippen LogP contribution in [-0.2, 0) is 0 Å². The second-order valence-electron chi connectivity index (χ2n) is 5.17. The molecule has 1 aromatic heterocycles. The van der Waals surface area contributed by atoms with Crippen molar-refractivity contribution in [3.8, 4) is 11.8 Å². The average Bonchev–Trinajstić information content (AvgIpc) is 2.95. The zero-order chi connectivity index (χ0) is 14.2. The molecule has 0 aromatic carbocycles. The van der Waals surface area contributed by atoms with Crippen LogP contribution < -0.4 is 5.32 Å². The smallest absolute Gasteiger partial charge is 0.261 e. The van der Waals surface area contributed by atoms with E-state index in [4.69, 9.17) is 5.11 Å². The first-order chi connectivity index (χ1) is 9.79. The third kappa shape index (κ3) is 4.66. The fraction of sp³-hybridized carbons (Fsp3) is 0.562. The maximum atomic E-state index is 12.0. The zero-order valence-electron chi connectivity index (χ0n) is 11.7. The minimum Gasteiger partial charge on any atom is -0.384 e. The minimum atomic E-state index is -0.152. The summed E-state index contributed by atoms with van der Waals surface area (Å²) < 4.78 is 0. The summed E-state index contributed by atoms with van der Waals surface area (Å²) in [5.74, 6) is 6.18. The predicted molar refractivity (Wildman–Crippen MR) is 81.8 cm³/mol. The van der Waals surface area contributed by atoms with E-state index in [0.29, 0.717) is 4.88 Å². The highest BCUT2D eigenvalue weighted by Gasteiger charge is 2.14. The van der Waals surface area contributed by atoms with Gasteiger partial charge in [0, 0.05) is 6.54 Å². The molecule has 0 bridgehead atoms. The summed E-state index contributed by atoms with van der Waals surface area (Å²) in [6, 6.07) is 3.62. The quantitative estimate of drug-likeness (QED) is 0.838. The minimum absolute atomic E-state index is 0.0112. The topological polar surface area (TPSA) is 49.3 Å². The first-order valence-corrected chi connectivity index (χ1v) is 8.09. The van der Waals surface area contributed by atoms with Crippen LogP contribution in [0.4, 0.5) is 0 Å². The van der Waals surface area contributed by atoms with Crippen LogP contribution >= 0.6 is 11.3 Å². The van der Waals surface area contributed by atoms with Gasteiger partial charge in [0.2, 0.25) is 0 Å². The van der Waals surface area contributed by atoms with Gasteiger partial charge in [-0.05, 0) is 24.5 Å². The summed E-state index contributed by atoms with van der Waals surface area (Å²) in [7, 11) is 0. The van der Waals surface area contributed by atoms with Crippen molar-refractivity contribution in [2.45, 2.75) is 38.5 Å². The van der Waals surface area contributed by atoms with Crippen molar-refractivity contribution in [3.05, 3.63) is 21.9 Å². The van der Waals surface area contributed by atoms with Gasteiger partial charge >= 0.3 is 0 Å². The number of nitrogens with one attached hydrogen (secondary N) is 1. The van der Waals surface area contributed by atoms with E-state index in [0.717, 1.165) is 23.8 Å². The Bertz CT molecular complexity index is 492. The molecule has 2 rings (SSSR count). The van der Waals surface area contributed by atoms with Crippen molar-refractivity contribution in [3.63, 3.8) is 0 Å². The molecule has 0 spiro atoms. The van der Waals surface area contributed by atoms with Gasteiger partial charge in [0.15, 0.2) is 0 Å². The molecule has 20 heavy (non-hydrogen) atoms. The van der Waals surface area contributed by atoms with Gasteiger partial charge in [-0.2, -0.15) is 0 Å². The second-order valence-corrected chi connectivity index (χ2v) is 6.26. The second kappa shape index (κ2) is 8.08. The highest BCUT2D eigenvalue weighted by molar-refractivity contribution is 7.14. The SMILES string of the molecule is O=C(NCCC1CCCCC1)c1ccc(C#CCO)s1. The van der Waals surface area contributed by atoms with E-state index in [-0.39, 0.29) is 12.5 Å². The lowest BCUT2D eigenvalue weighted by Gasteiger charge is -2.21. The van der Waals surface area contributed by atoms with Crippen LogP contribution in [0.25, 0.3) is 0 Å². The summed E-state index contributed by atoms with van der Waals surface area (Å²) in [6.07, 6.45) is 7.78. The summed E-state index contributed by atoms with van der Waals surface area (Å²) >= 11 is 1.37. The van der Waals surface area contributed by atoms with Gasteiger partial charge in [0.05, 0.1) is 9.75 Å². The summed E-state index contributed by atoms with van der Waals surface area (Å²) in [5.41, 5.74) is 0. The molecule has 0 saturated heterocycles. The molecular formula is C16H21NO2S. The molecule has 2 N–H and O–H groups in total. The Morgan fingerprint density at radius 1 is 1.35 bits per heavy atom. The van der Waals surface area contributed by atoms with Crippen LogP contribution in [0.5, 0.6) is 0 Å². The number of carbonyl (C=O) groups is 1. The first-order valence-electron chi connectivity index (χ1n) is 7.27. The van der Waals surface area contributed by atoms with Gasteiger partial charge in [-0.15, -0.1) is 11.3 Å². The fourth-order valence-electron chi connectivity index (χ4n) is 2.61. The Hall–Kier alpha value is -1.31. The van der Waals surface area contributed by atoms with E-state index in [1.807, 2.05) is 6.07 Å². The molecule has 0 aliphatic heterocycles. The van der Waals surface area contributed by atoms with E-state index >= 15 is 0 Å².